The van der Waals surface area contributed by atoms with E-state index in [2.05, 4.69) is 10.5 Å². The number of benzene rings is 1. The van der Waals surface area contributed by atoms with Crippen LogP contribution >= 0.6 is 11.3 Å². The molecule has 2 aromatic heterocycles. The van der Waals surface area contributed by atoms with Crippen LogP contribution in [0, 0.1) is 5.92 Å². The standard InChI is InChI=1S/C18H18N4O3S/c1-21-14-6-2-3-7-15(14)26-18(21)20-19-17(24)12-9-16(23)22(10-12)11-13-5-4-8-25-13/h2-8,12H,9-11H2,1H3,(H,19,24)/b20-18-. The second-order valence-electron chi connectivity index (χ2n) is 6.25. The minimum atomic E-state index is -0.402. The van der Waals surface area contributed by atoms with Gasteiger partial charge in [0.15, 0.2) is 0 Å². The van der Waals surface area contributed by atoms with E-state index in [0.29, 0.717) is 23.7 Å². The van der Waals surface area contributed by atoms with Crippen molar-refractivity contribution in [2.75, 3.05) is 6.54 Å². The first-order valence-corrected chi connectivity index (χ1v) is 9.12. The number of amides is 2. The quantitative estimate of drug-likeness (QED) is 0.712. The number of para-hydroxylation sites is 1. The fourth-order valence-electron chi connectivity index (χ4n) is 3.07. The summed E-state index contributed by atoms with van der Waals surface area (Å²) >= 11 is 1.50. The molecule has 1 atom stereocenters. The predicted molar refractivity (Wildman–Crippen MR) is 96.7 cm³/mol. The number of nitrogens with zero attached hydrogens (tertiary/aromatic N) is 3. The third kappa shape index (κ3) is 3.15. The smallest absolute Gasteiger partial charge is 0.245 e. The fraction of sp³-hybridized carbons (Fsp3) is 0.278. The molecule has 1 unspecified atom stereocenters. The average Bonchev–Trinajstić information content (AvgIpc) is 3.35. The van der Waals surface area contributed by atoms with Crippen LogP contribution in [0.3, 0.4) is 0 Å². The number of nitrogens with one attached hydrogen (secondary N) is 1. The highest BCUT2D eigenvalue weighted by atomic mass is 32.1. The number of hydrogen-bond acceptors (Lipinski definition) is 5. The van der Waals surface area contributed by atoms with Gasteiger partial charge in [-0.15, -0.1) is 5.10 Å². The van der Waals surface area contributed by atoms with Crippen molar-refractivity contribution in [3.05, 3.63) is 53.2 Å². The molecule has 1 aromatic carbocycles. The van der Waals surface area contributed by atoms with Crippen molar-refractivity contribution in [1.29, 1.82) is 0 Å². The number of fused-ring (bicyclic) bond motifs is 1. The first-order chi connectivity index (χ1) is 12.6. The van der Waals surface area contributed by atoms with Crippen molar-refractivity contribution in [3.63, 3.8) is 0 Å². The minimum absolute atomic E-state index is 0.0473. The SMILES string of the molecule is Cn1/c(=N/NC(=O)C2CC(=O)N(Cc3ccco3)C2)sc2ccccc21. The molecule has 0 saturated carbocycles. The number of thiazole rings is 1. The molecule has 1 saturated heterocycles. The van der Waals surface area contributed by atoms with Crippen LogP contribution in [0.1, 0.15) is 12.2 Å². The number of furan rings is 1. The summed E-state index contributed by atoms with van der Waals surface area (Å²) in [5.74, 6) is 0.0222. The number of likely N-dealkylation sites (tertiary alicyclic amines) is 1. The van der Waals surface area contributed by atoms with Crippen molar-refractivity contribution in [1.82, 2.24) is 14.9 Å². The molecule has 2 amide bonds. The zero-order valence-electron chi connectivity index (χ0n) is 14.2. The lowest BCUT2D eigenvalue weighted by Crippen LogP contribution is -2.31. The lowest BCUT2D eigenvalue weighted by molar-refractivity contribution is -0.129. The largest absolute Gasteiger partial charge is 0.467 e. The van der Waals surface area contributed by atoms with Crippen molar-refractivity contribution < 1.29 is 14.0 Å². The Morgan fingerprint density at radius 3 is 2.96 bits per heavy atom. The molecular formula is C18H18N4O3S. The van der Waals surface area contributed by atoms with Crippen LogP contribution in [0.4, 0.5) is 0 Å². The van der Waals surface area contributed by atoms with Gasteiger partial charge in [-0.3, -0.25) is 9.59 Å². The third-order valence-electron chi connectivity index (χ3n) is 4.49. The van der Waals surface area contributed by atoms with E-state index in [4.69, 9.17) is 4.42 Å². The summed E-state index contributed by atoms with van der Waals surface area (Å²) < 4.78 is 8.31. The molecule has 0 radical (unpaired) electrons. The van der Waals surface area contributed by atoms with Gasteiger partial charge in [-0.2, -0.15) is 0 Å². The molecule has 0 bridgehead atoms. The summed E-state index contributed by atoms with van der Waals surface area (Å²) in [7, 11) is 1.91. The van der Waals surface area contributed by atoms with Crippen LogP contribution in [0.5, 0.6) is 0 Å². The van der Waals surface area contributed by atoms with Gasteiger partial charge in [0, 0.05) is 20.0 Å². The summed E-state index contributed by atoms with van der Waals surface area (Å²) in [6.07, 6.45) is 1.77. The van der Waals surface area contributed by atoms with E-state index in [1.165, 1.54) is 11.3 Å². The normalized spacial score (nSPS) is 18.0. The van der Waals surface area contributed by atoms with Crippen molar-refractivity contribution in [3.8, 4) is 0 Å². The number of aryl methyl sites for hydroxylation is 1. The Bertz CT molecular complexity index is 1020. The van der Waals surface area contributed by atoms with Crippen LogP contribution in [0.2, 0.25) is 0 Å². The third-order valence-corrected chi connectivity index (χ3v) is 5.60. The van der Waals surface area contributed by atoms with E-state index >= 15 is 0 Å². The molecule has 26 heavy (non-hydrogen) atoms. The summed E-state index contributed by atoms with van der Waals surface area (Å²) in [5, 5.41) is 4.25. The van der Waals surface area contributed by atoms with Gasteiger partial charge in [0.25, 0.3) is 0 Å². The molecule has 0 spiro atoms. The van der Waals surface area contributed by atoms with Crippen LogP contribution in [0.15, 0.2) is 52.2 Å². The molecule has 1 N–H and O–H groups in total. The predicted octanol–water partition coefficient (Wildman–Crippen LogP) is 1.81. The number of aromatic nitrogens is 1. The average molecular weight is 370 g/mol. The Labute approximate surface area is 153 Å². The maximum atomic E-state index is 12.4. The van der Waals surface area contributed by atoms with Crippen molar-refractivity contribution in [2.24, 2.45) is 18.1 Å². The van der Waals surface area contributed by atoms with Gasteiger partial charge in [-0.1, -0.05) is 23.5 Å². The number of carbonyl (C=O) groups is 2. The molecule has 1 aliphatic rings. The summed E-state index contributed by atoms with van der Waals surface area (Å²) in [6.45, 7) is 0.761. The second kappa shape index (κ2) is 6.80. The van der Waals surface area contributed by atoms with Gasteiger partial charge in [0.2, 0.25) is 16.6 Å². The maximum absolute atomic E-state index is 12.4. The molecule has 1 fully saturated rings. The van der Waals surface area contributed by atoms with E-state index in [1.54, 1.807) is 17.2 Å². The molecule has 8 heteroatoms. The lowest BCUT2D eigenvalue weighted by atomic mass is 10.1. The lowest BCUT2D eigenvalue weighted by Gasteiger charge is -2.14. The Balaban J connectivity index is 1.45. The first kappa shape index (κ1) is 16.6. The van der Waals surface area contributed by atoms with Crippen LogP contribution < -0.4 is 10.2 Å². The van der Waals surface area contributed by atoms with Gasteiger partial charge < -0.3 is 13.9 Å². The zero-order valence-corrected chi connectivity index (χ0v) is 15.0. The maximum Gasteiger partial charge on any atom is 0.245 e. The highest BCUT2D eigenvalue weighted by Crippen LogP contribution is 2.20. The van der Waals surface area contributed by atoms with E-state index in [-0.39, 0.29) is 18.2 Å². The first-order valence-electron chi connectivity index (χ1n) is 8.30. The molecule has 1 aliphatic heterocycles. The number of carbonyl (C=O) groups excluding carboxylic acids is 2. The molecule has 7 nitrogen and oxygen atoms in total. The van der Waals surface area contributed by atoms with Crippen molar-refractivity contribution in [2.45, 2.75) is 13.0 Å². The topological polar surface area (TPSA) is 79.8 Å². The Hall–Kier alpha value is -2.87. The van der Waals surface area contributed by atoms with E-state index in [0.717, 1.165) is 10.2 Å². The minimum Gasteiger partial charge on any atom is -0.467 e. The molecule has 0 aliphatic carbocycles. The van der Waals surface area contributed by atoms with Crippen molar-refractivity contribution >= 4 is 33.4 Å². The van der Waals surface area contributed by atoms with E-state index in [9.17, 15) is 9.59 Å². The fourth-order valence-corrected chi connectivity index (χ4v) is 4.05. The molecule has 4 rings (SSSR count). The van der Waals surface area contributed by atoms with Gasteiger partial charge in [0.05, 0.1) is 28.9 Å². The summed E-state index contributed by atoms with van der Waals surface area (Å²) in [5.41, 5.74) is 3.68. The monoisotopic (exact) mass is 370 g/mol. The Kier molecular flexibility index (Phi) is 4.34. The Morgan fingerprint density at radius 2 is 2.19 bits per heavy atom. The second-order valence-corrected chi connectivity index (χ2v) is 7.26. The summed E-state index contributed by atoms with van der Waals surface area (Å²) in [6, 6.07) is 11.6. The van der Waals surface area contributed by atoms with Gasteiger partial charge in [-0.25, -0.2) is 5.43 Å². The number of hydrogen-bond donors (Lipinski definition) is 1. The van der Waals surface area contributed by atoms with Gasteiger partial charge in [0.1, 0.15) is 5.76 Å². The Morgan fingerprint density at radius 1 is 1.35 bits per heavy atom. The van der Waals surface area contributed by atoms with Gasteiger partial charge in [-0.05, 0) is 24.3 Å². The number of rotatable bonds is 4. The molecule has 3 aromatic rings. The molecular weight excluding hydrogens is 352 g/mol. The summed E-state index contributed by atoms with van der Waals surface area (Å²) in [4.78, 5) is 26.9. The molecule has 3 heterocycles. The van der Waals surface area contributed by atoms with Crippen LogP contribution in [-0.2, 0) is 23.2 Å². The van der Waals surface area contributed by atoms with E-state index < -0.39 is 5.92 Å². The zero-order chi connectivity index (χ0) is 18.1. The van der Waals surface area contributed by atoms with Crippen LogP contribution in [-0.4, -0.2) is 27.8 Å². The van der Waals surface area contributed by atoms with E-state index in [1.807, 2.05) is 41.9 Å². The molecule has 134 valence electrons. The van der Waals surface area contributed by atoms with Crippen LogP contribution in [0.25, 0.3) is 10.2 Å². The highest BCUT2D eigenvalue weighted by Gasteiger charge is 2.34. The van der Waals surface area contributed by atoms with Gasteiger partial charge >= 0.3 is 0 Å². The highest BCUT2D eigenvalue weighted by molar-refractivity contribution is 7.16.